The van der Waals surface area contributed by atoms with E-state index in [1.807, 2.05) is 19.1 Å². The number of carbonyl (C=O) groups is 1. The van der Waals surface area contributed by atoms with Crippen molar-refractivity contribution in [3.05, 3.63) is 20.8 Å². The smallest absolute Gasteiger partial charge is 0.239 e. The van der Waals surface area contributed by atoms with Gasteiger partial charge in [-0.05, 0) is 34.5 Å². The number of rotatable bonds is 5. The molecule has 1 heterocycles. The highest BCUT2D eigenvalue weighted by Gasteiger charge is 2.17. The third-order valence-electron chi connectivity index (χ3n) is 2.31. The van der Waals surface area contributed by atoms with Gasteiger partial charge in [-0.25, -0.2) is 0 Å². The van der Waals surface area contributed by atoms with Gasteiger partial charge in [0.1, 0.15) is 0 Å². The molecule has 98 valence electrons. The topological polar surface area (TPSA) is 46.3 Å². The number of likely N-dealkylation sites (N-methyl/N-ethyl adjacent to an activating group) is 1. The average molecular weight is 342 g/mol. The van der Waals surface area contributed by atoms with Gasteiger partial charge in [-0.1, -0.05) is 13.3 Å². The average Bonchev–Trinajstić information content (AvgIpc) is 2.63. The van der Waals surface area contributed by atoms with Gasteiger partial charge in [-0.2, -0.15) is 0 Å². The Labute approximate surface area is 121 Å². The molecule has 0 radical (unpaired) electrons. The van der Waals surface area contributed by atoms with Crippen LogP contribution in [0.3, 0.4) is 0 Å². The van der Waals surface area contributed by atoms with Crippen molar-refractivity contribution in [3.8, 4) is 0 Å². The molecule has 2 N–H and O–H groups in total. The molecule has 0 aliphatic heterocycles. The van der Waals surface area contributed by atoms with Crippen molar-refractivity contribution in [1.82, 2.24) is 4.90 Å². The zero-order valence-electron chi connectivity index (χ0n) is 9.98. The number of hydrogen-bond acceptors (Lipinski definition) is 3. The van der Waals surface area contributed by atoms with E-state index >= 15 is 0 Å². The number of hydrogen-bond donors (Lipinski definition) is 1. The van der Waals surface area contributed by atoms with Crippen LogP contribution < -0.4 is 5.73 Å². The fraction of sp³-hybridized carbons (Fsp3) is 0.545. The van der Waals surface area contributed by atoms with Gasteiger partial charge in [-0.3, -0.25) is 4.79 Å². The molecule has 0 spiro atoms. The fourth-order valence-corrected chi connectivity index (χ4v) is 3.00. The first-order chi connectivity index (χ1) is 7.54. The molecule has 1 amide bonds. The molecule has 0 aliphatic rings. The lowest BCUT2D eigenvalue weighted by Crippen LogP contribution is -2.41. The van der Waals surface area contributed by atoms with Gasteiger partial charge in [0.2, 0.25) is 5.91 Å². The van der Waals surface area contributed by atoms with E-state index in [-0.39, 0.29) is 24.4 Å². The molecule has 0 saturated carbocycles. The van der Waals surface area contributed by atoms with Crippen LogP contribution in [0, 0.1) is 0 Å². The predicted molar refractivity (Wildman–Crippen MR) is 78.6 cm³/mol. The summed E-state index contributed by atoms with van der Waals surface area (Å²) in [4.78, 5) is 14.7. The van der Waals surface area contributed by atoms with Gasteiger partial charge in [0.25, 0.3) is 0 Å². The summed E-state index contributed by atoms with van der Waals surface area (Å²) in [6.07, 6.45) is 1.68. The van der Waals surface area contributed by atoms with E-state index in [2.05, 4.69) is 15.9 Å². The number of thiophene rings is 1. The Morgan fingerprint density at radius 2 is 2.24 bits per heavy atom. The van der Waals surface area contributed by atoms with E-state index in [4.69, 9.17) is 5.73 Å². The Bertz CT molecular complexity index is 359. The van der Waals surface area contributed by atoms with Crippen molar-refractivity contribution in [2.75, 3.05) is 7.05 Å². The Hall–Kier alpha value is -0.100. The molecule has 3 nitrogen and oxygen atoms in total. The Balaban J connectivity index is 0.00000256. The van der Waals surface area contributed by atoms with Crippen LogP contribution in [-0.4, -0.2) is 23.9 Å². The monoisotopic (exact) mass is 340 g/mol. The molecule has 1 aromatic rings. The summed E-state index contributed by atoms with van der Waals surface area (Å²) in [5, 5.41) is 0. The third kappa shape index (κ3) is 5.38. The van der Waals surface area contributed by atoms with Crippen LogP contribution in [0.2, 0.25) is 0 Å². The second-order valence-electron chi connectivity index (χ2n) is 3.80. The minimum absolute atomic E-state index is 0. The van der Waals surface area contributed by atoms with Crippen molar-refractivity contribution in [1.29, 1.82) is 0 Å². The number of nitrogens with zero attached hydrogens (tertiary/aromatic N) is 1. The summed E-state index contributed by atoms with van der Waals surface area (Å²) in [5.74, 6) is 0.0198. The second kappa shape index (κ2) is 8.08. The highest BCUT2D eigenvalue weighted by atomic mass is 79.9. The van der Waals surface area contributed by atoms with Crippen LogP contribution in [0.1, 0.15) is 24.6 Å². The minimum Gasteiger partial charge on any atom is -0.339 e. The van der Waals surface area contributed by atoms with E-state index in [0.29, 0.717) is 6.54 Å². The number of amides is 1. The summed E-state index contributed by atoms with van der Waals surface area (Å²) in [7, 11) is 1.80. The van der Waals surface area contributed by atoms with E-state index in [1.165, 1.54) is 0 Å². The largest absolute Gasteiger partial charge is 0.339 e. The molecule has 0 fully saturated rings. The predicted octanol–water partition coefficient (Wildman–Crippen LogP) is 3.02. The van der Waals surface area contributed by atoms with Gasteiger partial charge in [0.05, 0.1) is 16.4 Å². The summed E-state index contributed by atoms with van der Waals surface area (Å²) in [6.45, 7) is 2.66. The van der Waals surface area contributed by atoms with Crippen molar-refractivity contribution < 1.29 is 4.79 Å². The molecule has 0 aliphatic carbocycles. The molecule has 6 heteroatoms. The lowest BCUT2D eigenvalue weighted by Gasteiger charge is -2.20. The van der Waals surface area contributed by atoms with E-state index in [0.717, 1.165) is 21.5 Å². The minimum atomic E-state index is -0.363. The van der Waals surface area contributed by atoms with Gasteiger partial charge in [0, 0.05) is 11.9 Å². The molecule has 0 saturated heterocycles. The van der Waals surface area contributed by atoms with Crippen molar-refractivity contribution >= 4 is 45.6 Å². The maximum Gasteiger partial charge on any atom is 0.239 e. The molecule has 1 rings (SSSR count). The lowest BCUT2D eigenvalue weighted by molar-refractivity contribution is -0.131. The number of nitrogens with two attached hydrogens (primary N) is 1. The van der Waals surface area contributed by atoms with Gasteiger partial charge in [0.15, 0.2) is 0 Å². The molecular weight excluding hydrogens is 324 g/mol. The molecule has 1 atom stereocenters. The van der Waals surface area contributed by atoms with Crippen LogP contribution in [0.4, 0.5) is 0 Å². The van der Waals surface area contributed by atoms with Crippen LogP contribution in [0.15, 0.2) is 15.9 Å². The molecule has 1 unspecified atom stereocenters. The first-order valence-corrected chi connectivity index (χ1v) is 6.90. The zero-order chi connectivity index (χ0) is 12.1. The summed E-state index contributed by atoms with van der Waals surface area (Å²) >= 11 is 5.04. The number of halogens is 2. The zero-order valence-corrected chi connectivity index (χ0v) is 13.2. The lowest BCUT2D eigenvalue weighted by atomic mass is 10.1. The quantitative estimate of drug-likeness (QED) is 0.895. The Morgan fingerprint density at radius 3 is 2.71 bits per heavy atom. The highest BCUT2D eigenvalue weighted by molar-refractivity contribution is 9.11. The standard InChI is InChI=1S/C11H17BrN2OS.ClH/c1-3-4-9(13)11(15)14(2)7-8-5-6-10(12)16-8;/h5-6,9H,3-4,7,13H2,1-2H3;1H. The summed E-state index contributed by atoms with van der Waals surface area (Å²) < 4.78 is 1.08. The van der Waals surface area contributed by atoms with Gasteiger partial charge in [-0.15, -0.1) is 23.7 Å². The summed E-state index contributed by atoms with van der Waals surface area (Å²) in [6, 6.07) is 3.65. The SMILES string of the molecule is CCCC(N)C(=O)N(C)Cc1ccc(Br)s1.Cl. The normalized spacial score (nSPS) is 11.8. The first kappa shape index (κ1) is 16.9. The van der Waals surface area contributed by atoms with Gasteiger partial charge >= 0.3 is 0 Å². The van der Waals surface area contributed by atoms with Crippen molar-refractivity contribution in [3.63, 3.8) is 0 Å². The van der Waals surface area contributed by atoms with Crippen LogP contribution in [0.25, 0.3) is 0 Å². The molecule has 17 heavy (non-hydrogen) atoms. The Morgan fingerprint density at radius 1 is 1.59 bits per heavy atom. The fourth-order valence-electron chi connectivity index (χ4n) is 1.47. The Kier molecular flexibility index (Phi) is 8.03. The third-order valence-corrected chi connectivity index (χ3v) is 3.92. The molecular formula is C11H18BrClN2OS. The van der Waals surface area contributed by atoms with E-state index < -0.39 is 0 Å². The van der Waals surface area contributed by atoms with Crippen LogP contribution in [-0.2, 0) is 11.3 Å². The molecule has 0 bridgehead atoms. The van der Waals surface area contributed by atoms with Gasteiger partial charge < -0.3 is 10.6 Å². The summed E-state index contributed by atoms with van der Waals surface area (Å²) in [5.41, 5.74) is 5.79. The van der Waals surface area contributed by atoms with Crippen molar-refractivity contribution in [2.45, 2.75) is 32.4 Å². The number of carbonyl (C=O) groups excluding carboxylic acids is 1. The van der Waals surface area contributed by atoms with Crippen molar-refractivity contribution in [2.24, 2.45) is 5.73 Å². The van der Waals surface area contributed by atoms with E-state index in [9.17, 15) is 4.79 Å². The van der Waals surface area contributed by atoms with Crippen LogP contribution >= 0.6 is 39.7 Å². The second-order valence-corrected chi connectivity index (χ2v) is 6.34. The maximum absolute atomic E-state index is 11.8. The first-order valence-electron chi connectivity index (χ1n) is 5.29. The molecule has 0 aromatic carbocycles. The highest BCUT2D eigenvalue weighted by Crippen LogP contribution is 2.23. The van der Waals surface area contributed by atoms with E-state index in [1.54, 1.807) is 23.3 Å². The molecule has 1 aromatic heterocycles. The van der Waals surface area contributed by atoms with Crippen LogP contribution in [0.5, 0.6) is 0 Å². The maximum atomic E-state index is 11.8.